The van der Waals surface area contributed by atoms with E-state index in [9.17, 15) is 9.59 Å². The van der Waals surface area contributed by atoms with Crippen LogP contribution in [-0.2, 0) is 9.53 Å². The van der Waals surface area contributed by atoms with Gasteiger partial charge in [0.2, 0.25) is 0 Å². The van der Waals surface area contributed by atoms with E-state index in [0.717, 1.165) is 18.5 Å². The van der Waals surface area contributed by atoms with Crippen LogP contribution < -0.4 is 4.90 Å². The average molecular weight is 275 g/mol. The van der Waals surface area contributed by atoms with Gasteiger partial charge in [-0.3, -0.25) is 4.79 Å². The SMILES string of the molecule is CCCC(C(=O)OCC)N1CCC(=O)c2ccccc21. The van der Waals surface area contributed by atoms with Crippen molar-refractivity contribution in [3.8, 4) is 0 Å². The average Bonchev–Trinajstić information content (AvgIpc) is 2.46. The van der Waals surface area contributed by atoms with Crippen LogP contribution >= 0.6 is 0 Å². The number of carbonyl (C=O) groups excluding carboxylic acids is 2. The number of benzene rings is 1. The number of Topliss-reactive ketones (excluding diaryl/α,β-unsaturated/α-hetero) is 1. The molecule has 20 heavy (non-hydrogen) atoms. The number of fused-ring (bicyclic) bond motifs is 1. The lowest BCUT2D eigenvalue weighted by Gasteiger charge is -2.35. The molecule has 1 aliphatic heterocycles. The van der Waals surface area contributed by atoms with Crippen molar-refractivity contribution in [3.05, 3.63) is 29.8 Å². The number of rotatable bonds is 5. The first kappa shape index (κ1) is 14.6. The van der Waals surface area contributed by atoms with E-state index in [2.05, 4.69) is 0 Å². The zero-order chi connectivity index (χ0) is 14.5. The molecule has 1 unspecified atom stereocenters. The molecule has 1 aromatic rings. The Balaban J connectivity index is 2.32. The summed E-state index contributed by atoms with van der Waals surface area (Å²) in [5.41, 5.74) is 1.57. The number of anilines is 1. The van der Waals surface area contributed by atoms with Crippen LogP contribution in [0.3, 0.4) is 0 Å². The van der Waals surface area contributed by atoms with Crippen LogP contribution in [-0.4, -0.2) is 30.9 Å². The summed E-state index contributed by atoms with van der Waals surface area (Å²) in [7, 11) is 0. The molecule has 0 bridgehead atoms. The van der Waals surface area contributed by atoms with E-state index in [4.69, 9.17) is 4.74 Å². The van der Waals surface area contributed by atoms with E-state index in [-0.39, 0.29) is 17.8 Å². The van der Waals surface area contributed by atoms with Crippen molar-refractivity contribution in [2.24, 2.45) is 0 Å². The van der Waals surface area contributed by atoms with Crippen LogP contribution in [0, 0.1) is 0 Å². The van der Waals surface area contributed by atoms with Crippen LogP contribution in [0.25, 0.3) is 0 Å². The van der Waals surface area contributed by atoms with E-state index < -0.39 is 0 Å². The smallest absolute Gasteiger partial charge is 0.328 e. The molecule has 1 aromatic carbocycles. The maximum atomic E-state index is 12.2. The summed E-state index contributed by atoms with van der Waals surface area (Å²) < 4.78 is 5.19. The van der Waals surface area contributed by atoms with Gasteiger partial charge in [0.05, 0.1) is 6.61 Å². The van der Waals surface area contributed by atoms with Crippen molar-refractivity contribution < 1.29 is 14.3 Å². The second kappa shape index (κ2) is 6.55. The number of carbonyl (C=O) groups is 2. The Morgan fingerprint density at radius 3 is 2.80 bits per heavy atom. The van der Waals surface area contributed by atoms with Crippen LogP contribution in [0.1, 0.15) is 43.5 Å². The molecule has 1 atom stereocenters. The second-order valence-corrected chi connectivity index (χ2v) is 4.94. The van der Waals surface area contributed by atoms with Crippen molar-refractivity contribution >= 4 is 17.4 Å². The third-order valence-electron chi connectivity index (χ3n) is 3.59. The van der Waals surface area contributed by atoms with Crippen LogP contribution in [0.2, 0.25) is 0 Å². The van der Waals surface area contributed by atoms with Gasteiger partial charge < -0.3 is 9.64 Å². The molecule has 2 rings (SSSR count). The number of hydrogen-bond donors (Lipinski definition) is 0. The van der Waals surface area contributed by atoms with Gasteiger partial charge in [-0.2, -0.15) is 0 Å². The normalized spacial score (nSPS) is 15.7. The van der Waals surface area contributed by atoms with Gasteiger partial charge in [0, 0.05) is 24.2 Å². The summed E-state index contributed by atoms with van der Waals surface area (Å²) in [6.07, 6.45) is 2.09. The predicted molar refractivity (Wildman–Crippen MR) is 78.1 cm³/mol. The molecule has 108 valence electrons. The van der Waals surface area contributed by atoms with E-state index in [0.29, 0.717) is 25.1 Å². The number of para-hydroxylation sites is 1. The molecule has 0 radical (unpaired) electrons. The maximum absolute atomic E-state index is 12.2. The Kier molecular flexibility index (Phi) is 4.77. The topological polar surface area (TPSA) is 46.6 Å². The molecular formula is C16H21NO3. The molecule has 0 amide bonds. The quantitative estimate of drug-likeness (QED) is 0.775. The van der Waals surface area contributed by atoms with E-state index in [1.54, 1.807) is 0 Å². The summed E-state index contributed by atoms with van der Waals surface area (Å²) in [5.74, 6) is -0.0468. The first-order valence-electron chi connectivity index (χ1n) is 7.24. The van der Waals surface area contributed by atoms with Crippen molar-refractivity contribution in [1.82, 2.24) is 0 Å². The Bertz CT molecular complexity index is 498. The minimum Gasteiger partial charge on any atom is -0.464 e. The molecule has 0 aromatic heterocycles. The van der Waals surface area contributed by atoms with Gasteiger partial charge in [-0.1, -0.05) is 25.5 Å². The minimum atomic E-state index is -0.297. The molecule has 1 aliphatic rings. The number of ether oxygens (including phenoxy) is 1. The van der Waals surface area contributed by atoms with Gasteiger partial charge in [0.25, 0.3) is 0 Å². The Morgan fingerprint density at radius 1 is 1.35 bits per heavy atom. The Morgan fingerprint density at radius 2 is 2.10 bits per heavy atom. The lowest BCUT2D eigenvalue weighted by Crippen LogP contribution is -2.46. The number of hydrogen-bond acceptors (Lipinski definition) is 4. The summed E-state index contributed by atoms with van der Waals surface area (Å²) in [6.45, 7) is 4.83. The predicted octanol–water partition coefficient (Wildman–Crippen LogP) is 2.81. The lowest BCUT2D eigenvalue weighted by molar-refractivity contribution is -0.145. The highest BCUT2D eigenvalue weighted by Gasteiger charge is 2.32. The largest absolute Gasteiger partial charge is 0.464 e. The van der Waals surface area contributed by atoms with Gasteiger partial charge in [-0.05, 0) is 25.5 Å². The molecule has 0 aliphatic carbocycles. The molecular weight excluding hydrogens is 254 g/mol. The van der Waals surface area contributed by atoms with Gasteiger partial charge >= 0.3 is 5.97 Å². The summed E-state index contributed by atoms with van der Waals surface area (Å²) in [4.78, 5) is 26.2. The maximum Gasteiger partial charge on any atom is 0.328 e. The zero-order valence-corrected chi connectivity index (χ0v) is 12.1. The number of esters is 1. The molecule has 1 heterocycles. The zero-order valence-electron chi connectivity index (χ0n) is 12.1. The van der Waals surface area contributed by atoms with Crippen molar-refractivity contribution in [2.45, 2.75) is 39.2 Å². The minimum absolute atomic E-state index is 0.149. The van der Waals surface area contributed by atoms with E-state index in [1.165, 1.54) is 0 Å². The van der Waals surface area contributed by atoms with Gasteiger partial charge in [0.1, 0.15) is 6.04 Å². The van der Waals surface area contributed by atoms with Crippen molar-refractivity contribution in [3.63, 3.8) is 0 Å². The summed E-state index contributed by atoms with van der Waals surface area (Å²) >= 11 is 0. The van der Waals surface area contributed by atoms with Gasteiger partial charge in [0.15, 0.2) is 5.78 Å². The number of nitrogens with zero attached hydrogens (tertiary/aromatic N) is 1. The highest BCUT2D eigenvalue weighted by atomic mass is 16.5. The first-order chi connectivity index (χ1) is 9.69. The van der Waals surface area contributed by atoms with Crippen LogP contribution in [0.4, 0.5) is 5.69 Å². The number of ketones is 1. The van der Waals surface area contributed by atoms with Crippen molar-refractivity contribution in [2.75, 3.05) is 18.1 Å². The molecule has 0 saturated heterocycles. The van der Waals surface area contributed by atoms with Gasteiger partial charge in [-0.15, -0.1) is 0 Å². The fraction of sp³-hybridized carbons (Fsp3) is 0.500. The summed E-state index contributed by atoms with van der Waals surface area (Å²) in [5, 5.41) is 0. The monoisotopic (exact) mass is 275 g/mol. The van der Waals surface area contributed by atoms with Crippen LogP contribution in [0.15, 0.2) is 24.3 Å². The third-order valence-corrected chi connectivity index (χ3v) is 3.59. The van der Waals surface area contributed by atoms with E-state index >= 15 is 0 Å². The Hall–Kier alpha value is -1.84. The lowest BCUT2D eigenvalue weighted by atomic mass is 9.97. The molecule has 0 fully saturated rings. The van der Waals surface area contributed by atoms with E-state index in [1.807, 2.05) is 43.0 Å². The fourth-order valence-corrected chi connectivity index (χ4v) is 2.67. The van der Waals surface area contributed by atoms with Gasteiger partial charge in [-0.25, -0.2) is 4.79 Å². The van der Waals surface area contributed by atoms with Crippen molar-refractivity contribution in [1.29, 1.82) is 0 Å². The first-order valence-corrected chi connectivity index (χ1v) is 7.24. The summed E-state index contributed by atoms with van der Waals surface area (Å²) in [6, 6.07) is 7.21. The van der Waals surface area contributed by atoms with Crippen LogP contribution in [0.5, 0.6) is 0 Å². The molecule has 0 spiro atoms. The Labute approximate surface area is 119 Å². The molecule has 0 N–H and O–H groups in total. The molecule has 4 nitrogen and oxygen atoms in total. The third kappa shape index (κ3) is 2.84. The molecule has 0 saturated carbocycles. The highest BCUT2D eigenvalue weighted by molar-refractivity contribution is 6.04. The standard InChI is InChI=1S/C16H21NO3/c1-3-7-14(16(19)20-4-2)17-11-10-15(18)12-8-5-6-9-13(12)17/h5-6,8-9,14H,3-4,7,10-11H2,1-2H3. The molecule has 4 heteroatoms. The second-order valence-electron chi connectivity index (χ2n) is 4.94. The highest BCUT2D eigenvalue weighted by Crippen LogP contribution is 2.30. The fourth-order valence-electron chi connectivity index (χ4n) is 2.67.